The van der Waals surface area contributed by atoms with Gasteiger partial charge in [-0.3, -0.25) is 4.98 Å². The SMILES string of the molecule is COC1(c2cccc(-n3ncc4cnccc43)n2)CC1. The summed E-state index contributed by atoms with van der Waals surface area (Å²) in [5, 5.41) is 5.42. The topological polar surface area (TPSA) is 52.8 Å². The van der Waals surface area contributed by atoms with Crippen molar-refractivity contribution in [3.05, 3.63) is 48.5 Å². The van der Waals surface area contributed by atoms with Crippen LogP contribution in [0.15, 0.2) is 42.9 Å². The second-order valence-corrected chi connectivity index (χ2v) is 5.07. The maximum absolute atomic E-state index is 5.59. The minimum Gasteiger partial charge on any atom is -0.372 e. The fourth-order valence-electron chi connectivity index (χ4n) is 2.53. The molecule has 100 valence electrons. The van der Waals surface area contributed by atoms with Gasteiger partial charge >= 0.3 is 0 Å². The maximum atomic E-state index is 5.59. The summed E-state index contributed by atoms with van der Waals surface area (Å²) in [6, 6.07) is 7.93. The van der Waals surface area contributed by atoms with E-state index in [1.165, 1.54) is 0 Å². The smallest absolute Gasteiger partial charge is 0.154 e. The quantitative estimate of drug-likeness (QED) is 0.730. The first-order valence-corrected chi connectivity index (χ1v) is 6.63. The maximum Gasteiger partial charge on any atom is 0.154 e. The molecule has 3 aromatic heterocycles. The molecule has 5 nitrogen and oxygen atoms in total. The third kappa shape index (κ3) is 1.63. The molecular weight excluding hydrogens is 252 g/mol. The van der Waals surface area contributed by atoms with Crippen LogP contribution in [0.2, 0.25) is 0 Å². The summed E-state index contributed by atoms with van der Waals surface area (Å²) >= 11 is 0. The van der Waals surface area contributed by atoms with Crippen molar-refractivity contribution in [3.8, 4) is 5.82 Å². The monoisotopic (exact) mass is 266 g/mol. The molecule has 20 heavy (non-hydrogen) atoms. The molecule has 4 rings (SSSR count). The fraction of sp³-hybridized carbons (Fsp3) is 0.267. The highest BCUT2D eigenvalue weighted by Gasteiger charge is 2.46. The molecule has 0 bridgehead atoms. The van der Waals surface area contributed by atoms with Crippen molar-refractivity contribution in [1.82, 2.24) is 19.7 Å². The lowest BCUT2D eigenvalue weighted by molar-refractivity contribution is 0.0751. The summed E-state index contributed by atoms with van der Waals surface area (Å²) in [7, 11) is 1.75. The predicted molar refractivity (Wildman–Crippen MR) is 74.6 cm³/mol. The highest BCUT2D eigenvalue weighted by atomic mass is 16.5. The Balaban J connectivity index is 1.85. The van der Waals surface area contributed by atoms with Crippen LogP contribution in [0.4, 0.5) is 0 Å². The average Bonchev–Trinajstić information content (AvgIpc) is 3.20. The zero-order chi connectivity index (χ0) is 13.6. The van der Waals surface area contributed by atoms with Crippen molar-refractivity contribution in [2.24, 2.45) is 0 Å². The standard InChI is InChI=1S/C15H14N4O/c1-20-15(6-7-15)13-3-2-4-14(18-13)19-12-5-8-16-9-11(12)10-17-19/h2-5,8-10H,6-7H2,1H3. The third-order valence-electron chi connectivity index (χ3n) is 3.88. The van der Waals surface area contributed by atoms with Gasteiger partial charge in [0.15, 0.2) is 5.82 Å². The van der Waals surface area contributed by atoms with Gasteiger partial charge in [-0.2, -0.15) is 5.10 Å². The Morgan fingerprint density at radius 3 is 2.90 bits per heavy atom. The Morgan fingerprint density at radius 2 is 2.10 bits per heavy atom. The number of fused-ring (bicyclic) bond motifs is 1. The molecule has 3 aromatic rings. The van der Waals surface area contributed by atoms with Crippen molar-refractivity contribution in [2.75, 3.05) is 7.11 Å². The van der Waals surface area contributed by atoms with Gasteiger partial charge in [-0.25, -0.2) is 9.67 Å². The summed E-state index contributed by atoms with van der Waals surface area (Å²) in [6.07, 6.45) is 7.44. The van der Waals surface area contributed by atoms with E-state index in [9.17, 15) is 0 Å². The van der Waals surface area contributed by atoms with Gasteiger partial charge in [0.2, 0.25) is 0 Å². The van der Waals surface area contributed by atoms with Crippen LogP contribution in [0.1, 0.15) is 18.5 Å². The van der Waals surface area contributed by atoms with Gasteiger partial charge in [0, 0.05) is 24.9 Å². The minimum atomic E-state index is -0.180. The first kappa shape index (κ1) is 11.5. The average molecular weight is 266 g/mol. The van der Waals surface area contributed by atoms with Gasteiger partial charge in [0.05, 0.1) is 17.4 Å². The molecule has 3 heterocycles. The van der Waals surface area contributed by atoms with Crippen molar-refractivity contribution < 1.29 is 4.74 Å². The highest BCUT2D eigenvalue weighted by molar-refractivity contribution is 5.78. The lowest BCUT2D eigenvalue weighted by Crippen LogP contribution is -2.13. The normalized spacial score (nSPS) is 16.4. The zero-order valence-electron chi connectivity index (χ0n) is 11.2. The molecular formula is C15H14N4O. The van der Waals surface area contributed by atoms with E-state index >= 15 is 0 Å². The van der Waals surface area contributed by atoms with Crippen molar-refractivity contribution in [3.63, 3.8) is 0 Å². The third-order valence-corrected chi connectivity index (χ3v) is 3.88. The first-order valence-electron chi connectivity index (χ1n) is 6.63. The number of ether oxygens (including phenoxy) is 1. The molecule has 0 N–H and O–H groups in total. The van der Waals surface area contributed by atoms with Crippen molar-refractivity contribution >= 4 is 10.9 Å². The zero-order valence-corrected chi connectivity index (χ0v) is 11.2. The van der Waals surface area contributed by atoms with Crippen LogP contribution >= 0.6 is 0 Å². The molecule has 0 atom stereocenters. The summed E-state index contributed by atoms with van der Waals surface area (Å²) in [6.45, 7) is 0. The van der Waals surface area contributed by atoms with Crippen LogP contribution in [-0.4, -0.2) is 26.9 Å². The Labute approximate surface area is 116 Å². The number of hydrogen-bond donors (Lipinski definition) is 0. The number of hydrogen-bond acceptors (Lipinski definition) is 4. The van der Waals surface area contributed by atoms with E-state index in [-0.39, 0.29) is 5.60 Å². The molecule has 5 heteroatoms. The number of aromatic nitrogens is 4. The Hall–Kier alpha value is -2.27. The molecule has 1 aliphatic rings. The van der Waals surface area contributed by atoms with Gasteiger partial charge in [0.25, 0.3) is 0 Å². The Morgan fingerprint density at radius 1 is 1.20 bits per heavy atom. The summed E-state index contributed by atoms with van der Waals surface area (Å²) < 4.78 is 7.43. The molecule has 1 aliphatic carbocycles. The number of rotatable bonds is 3. The second kappa shape index (κ2) is 4.11. The molecule has 0 saturated heterocycles. The lowest BCUT2D eigenvalue weighted by atomic mass is 10.2. The van der Waals surface area contributed by atoms with E-state index < -0.39 is 0 Å². The number of pyridine rings is 2. The molecule has 0 radical (unpaired) electrons. The molecule has 0 amide bonds. The summed E-state index contributed by atoms with van der Waals surface area (Å²) in [5.41, 5.74) is 1.81. The van der Waals surface area contributed by atoms with E-state index in [1.54, 1.807) is 25.7 Å². The van der Waals surface area contributed by atoms with Crippen LogP contribution in [0.25, 0.3) is 16.7 Å². The van der Waals surface area contributed by atoms with Crippen LogP contribution in [0.3, 0.4) is 0 Å². The number of nitrogens with zero attached hydrogens (tertiary/aromatic N) is 4. The highest BCUT2D eigenvalue weighted by Crippen LogP contribution is 2.47. The Bertz CT molecular complexity index is 776. The summed E-state index contributed by atoms with van der Waals surface area (Å²) in [4.78, 5) is 8.83. The largest absolute Gasteiger partial charge is 0.372 e. The van der Waals surface area contributed by atoms with Gasteiger partial charge in [-0.15, -0.1) is 0 Å². The van der Waals surface area contributed by atoms with Crippen LogP contribution in [0, 0.1) is 0 Å². The fourth-order valence-corrected chi connectivity index (χ4v) is 2.53. The molecule has 1 fully saturated rings. The van der Waals surface area contributed by atoms with Gasteiger partial charge in [-0.1, -0.05) is 6.07 Å². The van der Waals surface area contributed by atoms with Crippen molar-refractivity contribution in [1.29, 1.82) is 0 Å². The van der Waals surface area contributed by atoms with Gasteiger partial charge in [0.1, 0.15) is 5.60 Å². The molecule has 0 spiro atoms. The van der Waals surface area contributed by atoms with Gasteiger partial charge < -0.3 is 4.74 Å². The molecule has 0 unspecified atom stereocenters. The number of methoxy groups -OCH3 is 1. The van der Waals surface area contributed by atoms with E-state index in [2.05, 4.69) is 10.1 Å². The van der Waals surface area contributed by atoms with E-state index in [0.717, 1.165) is 35.3 Å². The predicted octanol–water partition coefficient (Wildman–Crippen LogP) is 2.45. The van der Waals surface area contributed by atoms with E-state index in [0.29, 0.717) is 0 Å². The lowest BCUT2D eigenvalue weighted by Gasteiger charge is -2.13. The molecule has 0 aromatic carbocycles. The van der Waals surface area contributed by atoms with Crippen LogP contribution < -0.4 is 0 Å². The van der Waals surface area contributed by atoms with Gasteiger partial charge in [-0.05, 0) is 31.0 Å². The summed E-state index contributed by atoms with van der Waals surface area (Å²) in [5.74, 6) is 0.812. The van der Waals surface area contributed by atoms with Crippen LogP contribution in [0.5, 0.6) is 0 Å². The van der Waals surface area contributed by atoms with E-state index in [4.69, 9.17) is 9.72 Å². The second-order valence-electron chi connectivity index (χ2n) is 5.07. The van der Waals surface area contributed by atoms with Crippen molar-refractivity contribution in [2.45, 2.75) is 18.4 Å². The Kier molecular flexibility index (Phi) is 2.37. The van der Waals surface area contributed by atoms with Crippen LogP contribution in [-0.2, 0) is 10.3 Å². The van der Waals surface area contributed by atoms with E-state index in [1.807, 2.05) is 28.9 Å². The molecule has 1 saturated carbocycles. The minimum absolute atomic E-state index is 0.180. The first-order chi connectivity index (χ1) is 9.82. The molecule has 0 aliphatic heterocycles.